The maximum atomic E-state index is 14.8. The summed E-state index contributed by atoms with van der Waals surface area (Å²) in [6.07, 6.45) is 7.47. The third-order valence-electron chi connectivity index (χ3n) is 7.36. The highest BCUT2D eigenvalue weighted by atomic mass is 19.1. The number of benzene rings is 2. The van der Waals surface area contributed by atoms with Gasteiger partial charge in [0.15, 0.2) is 11.6 Å². The zero-order valence-corrected chi connectivity index (χ0v) is 19.7. The molecule has 8 nitrogen and oxygen atoms in total. The maximum Gasteiger partial charge on any atom is 0.212 e. The number of halogens is 1. The summed E-state index contributed by atoms with van der Waals surface area (Å²) in [6.45, 7) is 0. The van der Waals surface area contributed by atoms with Crippen LogP contribution in [0.1, 0.15) is 31.2 Å². The minimum atomic E-state index is -0.500. The van der Waals surface area contributed by atoms with Crippen LogP contribution >= 0.6 is 0 Å². The summed E-state index contributed by atoms with van der Waals surface area (Å²) < 4.78 is 21.9. The topological polar surface area (TPSA) is 113 Å². The van der Waals surface area contributed by atoms with Crippen LogP contribution in [-0.4, -0.2) is 44.7 Å². The van der Waals surface area contributed by atoms with Crippen molar-refractivity contribution in [1.29, 1.82) is 5.26 Å². The monoisotopic (exact) mass is 484 g/mol. The fourth-order valence-electron chi connectivity index (χ4n) is 5.76. The number of fused-ring (bicyclic) bond motifs is 3. The Balaban J connectivity index is 1.63. The summed E-state index contributed by atoms with van der Waals surface area (Å²) in [4.78, 5) is 12.1. The van der Waals surface area contributed by atoms with Gasteiger partial charge >= 0.3 is 0 Å². The van der Waals surface area contributed by atoms with Gasteiger partial charge in [-0.25, -0.2) is 14.4 Å². The van der Waals surface area contributed by atoms with Gasteiger partial charge in [-0.15, -0.1) is 0 Å². The highest BCUT2D eigenvalue weighted by Gasteiger charge is 2.41. The Morgan fingerprint density at radius 1 is 1.14 bits per heavy atom. The molecule has 6 rings (SSSR count). The number of ether oxygens (including phenoxy) is 1. The molecule has 2 fully saturated rings. The van der Waals surface area contributed by atoms with Gasteiger partial charge in [0.2, 0.25) is 5.95 Å². The molecule has 2 bridgehead atoms. The van der Waals surface area contributed by atoms with E-state index in [1.54, 1.807) is 30.5 Å². The zero-order valence-electron chi connectivity index (χ0n) is 19.7. The van der Waals surface area contributed by atoms with Gasteiger partial charge in [-0.2, -0.15) is 5.26 Å². The van der Waals surface area contributed by atoms with E-state index in [4.69, 9.17) is 15.5 Å². The van der Waals surface area contributed by atoms with Crippen molar-refractivity contribution in [3.8, 4) is 40.0 Å². The van der Waals surface area contributed by atoms with Crippen LogP contribution in [0.25, 0.3) is 28.0 Å². The molecule has 182 valence electrons. The Morgan fingerprint density at radius 2 is 1.89 bits per heavy atom. The van der Waals surface area contributed by atoms with Gasteiger partial charge in [0.05, 0.1) is 23.9 Å². The van der Waals surface area contributed by atoms with Crippen LogP contribution in [0.5, 0.6) is 11.5 Å². The summed E-state index contributed by atoms with van der Waals surface area (Å²) in [5, 5.41) is 19.8. The molecule has 0 saturated carbocycles. The van der Waals surface area contributed by atoms with Crippen LogP contribution in [0.4, 0.5) is 10.3 Å². The first kappa shape index (κ1) is 22.3. The third-order valence-corrected chi connectivity index (χ3v) is 7.36. The predicted molar refractivity (Wildman–Crippen MR) is 133 cm³/mol. The molecule has 2 atom stereocenters. The van der Waals surface area contributed by atoms with Crippen molar-refractivity contribution in [3.05, 3.63) is 60.2 Å². The number of nitriles is 1. The number of phenolic OH excluding ortho intramolecular Hbond substituents is 1. The average molecular weight is 485 g/mol. The Morgan fingerprint density at radius 3 is 2.56 bits per heavy atom. The molecule has 4 aromatic rings. The highest BCUT2D eigenvalue weighted by Crippen LogP contribution is 2.43. The number of piperidine rings is 1. The molecule has 2 saturated heterocycles. The Hall–Kier alpha value is -4.16. The lowest BCUT2D eigenvalue weighted by atomic mass is 9.97. The van der Waals surface area contributed by atoms with Crippen molar-refractivity contribution in [2.24, 2.45) is 5.73 Å². The van der Waals surface area contributed by atoms with Gasteiger partial charge in [0.25, 0.3) is 0 Å². The highest BCUT2D eigenvalue weighted by molar-refractivity contribution is 5.91. The number of hydrogen-bond donors (Lipinski definition) is 2. The van der Waals surface area contributed by atoms with Crippen molar-refractivity contribution in [1.82, 2.24) is 14.4 Å². The standard InChI is InChI=1S/C27H25FN6O2/c1-36-23-7-4-15(10-21(23)28)24-25(16-2-3-17(14-29)22(35)11-16)32-27(33-9-8-31-26(24)33)34-19-5-6-20(34)13-18(30)12-19/h2-4,7-11,18-20,35H,5-6,12-13,30H2,1H3. The fourth-order valence-corrected chi connectivity index (χ4v) is 5.76. The van der Waals surface area contributed by atoms with Crippen LogP contribution < -0.4 is 15.4 Å². The van der Waals surface area contributed by atoms with Gasteiger partial charge in [-0.3, -0.25) is 4.40 Å². The number of anilines is 1. The number of phenols is 1. The number of nitrogens with two attached hydrogens (primary N) is 1. The molecule has 0 amide bonds. The molecule has 9 heteroatoms. The van der Waals surface area contributed by atoms with Crippen molar-refractivity contribution in [2.75, 3.05) is 12.0 Å². The van der Waals surface area contributed by atoms with Gasteiger partial charge in [-0.1, -0.05) is 12.1 Å². The van der Waals surface area contributed by atoms with Crippen molar-refractivity contribution in [3.63, 3.8) is 0 Å². The van der Waals surface area contributed by atoms with Gasteiger partial charge in [0.1, 0.15) is 17.5 Å². The molecule has 0 radical (unpaired) electrons. The van der Waals surface area contributed by atoms with Gasteiger partial charge in [-0.05, 0) is 55.5 Å². The second-order valence-electron chi connectivity index (χ2n) is 9.47. The van der Waals surface area contributed by atoms with E-state index in [0.717, 1.165) is 31.6 Å². The summed E-state index contributed by atoms with van der Waals surface area (Å²) >= 11 is 0. The molecule has 2 aromatic carbocycles. The lowest BCUT2D eigenvalue weighted by Crippen LogP contribution is -2.48. The molecular formula is C27H25FN6O2. The molecule has 2 aromatic heterocycles. The van der Waals surface area contributed by atoms with E-state index in [1.807, 2.05) is 16.7 Å². The first-order valence-corrected chi connectivity index (χ1v) is 12.0. The Kier molecular flexibility index (Phi) is 5.27. The van der Waals surface area contributed by atoms with Gasteiger partial charge < -0.3 is 20.5 Å². The van der Waals surface area contributed by atoms with E-state index < -0.39 is 5.82 Å². The Labute approximate surface area is 207 Å². The van der Waals surface area contributed by atoms with Gasteiger partial charge in [0, 0.05) is 36.1 Å². The molecule has 2 aliphatic rings. The summed E-state index contributed by atoms with van der Waals surface area (Å²) in [7, 11) is 1.42. The summed E-state index contributed by atoms with van der Waals surface area (Å²) in [6, 6.07) is 12.3. The molecule has 0 spiro atoms. The number of imidazole rings is 1. The average Bonchev–Trinajstić information content (AvgIpc) is 3.46. The fraction of sp³-hybridized carbons (Fsp3) is 0.296. The van der Waals surface area contributed by atoms with E-state index >= 15 is 0 Å². The first-order chi connectivity index (χ1) is 17.5. The maximum absolute atomic E-state index is 14.8. The third kappa shape index (κ3) is 3.45. The van der Waals surface area contributed by atoms with Crippen molar-refractivity contribution in [2.45, 2.75) is 43.8 Å². The van der Waals surface area contributed by atoms with E-state index in [9.17, 15) is 14.8 Å². The lowest BCUT2D eigenvalue weighted by Gasteiger charge is -2.39. The van der Waals surface area contributed by atoms with Crippen LogP contribution in [0.3, 0.4) is 0 Å². The second kappa shape index (κ2) is 8.50. The van der Waals surface area contributed by atoms with Crippen LogP contribution in [0.2, 0.25) is 0 Å². The molecule has 0 aliphatic carbocycles. The van der Waals surface area contributed by atoms with E-state index in [0.29, 0.717) is 28.0 Å². The molecular weight excluding hydrogens is 459 g/mol. The summed E-state index contributed by atoms with van der Waals surface area (Å²) in [5.41, 5.74) is 9.46. The van der Waals surface area contributed by atoms with E-state index in [1.165, 1.54) is 19.2 Å². The molecule has 3 N–H and O–H groups in total. The van der Waals surface area contributed by atoms with E-state index in [2.05, 4.69) is 9.88 Å². The SMILES string of the molecule is COc1ccc(-c2c(-c3ccc(C#N)c(O)c3)nc(N3C4CCC3CC(N)C4)n3ccnc23)cc1F. The molecule has 2 aliphatic heterocycles. The minimum absolute atomic E-state index is 0.140. The lowest BCUT2D eigenvalue weighted by molar-refractivity contribution is 0.386. The van der Waals surface area contributed by atoms with Crippen molar-refractivity contribution >= 4 is 11.6 Å². The predicted octanol–water partition coefficient (Wildman–Crippen LogP) is 4.25. The number of methoxy groups -OCH3 is 1. The number of aromatic hydroxyl groups is 1. The number of nitrogens with zero attached hydrogens (tertiary/aromatic N) is 5. The van der Waals surface area contributed by atoms with Crippen molar-refractivity contribution < 1.29 is 14.2 Å². The van der Waals surface area contributed by atoms with E-state index in [-0.39, 0.29) is 35.2 Å². The molecule has 2 unspecified atom stereocenters. The van der Waals surface area contributed by atoms with Crippen LogP contribution in [0, 0.1) is 17.1 Å². The van der Waals surface area contributed by atoms with Crippen LogP contribution in [-0.2, 0) is 0 Å². The number of rotatable bonds is 4. The normalized spacial score (nSPS) is 21.1. The molecule has 4 heterocycles. The van der Waals surface area contributed by atoms with Crippen LogP contribution in [0.15, 0.2) is 48.8 Å². The first-order valence-electron chi connectivity index (χ1n) is 12.0. The zero-order chi connectivity index (χ0) is 25.0. The Bertz CT molecular complexity index is 1510. The number of hydrogen-bond acceptors (Lipinski definition) is 7. The number of aromatic nitrogens is 3. The minimum Gasteiger partial charge on any atom is -0.507 e. The molecule has 36 heavy (non-hydrogen) atoms. The largest absolute Gasteiger partial charge is 0.507 e. The quantitative estimate of drug-likeness (QED) is 0.445. The second-order valence-corrected chi connectivity index (χ2v) is 9.47. The summed E-state index contributed by atoms with van der Waals surface area (Å²) in [5.74, 6) is 0.248. The smallest absolute Gasteiger partial charge is 0.212 e.